The van der Waals surface area contributed by atoms with Crippen LogP contribution in [0.3, 0.4) is 0 Å². The van der Waals surface area contributed by atoms with E-state index < -0.39 is 11.4 Å². The topological polar surface area (TPSA) is 35.5 Å². The van der Waals surface area contributed by atoms with E-state index in [1.54, 1.807) is 6.92 Å². The summed E-state index contributed by atoms with van der Waals surface area (Å²) >= 11 is 0. The lowest BCUT2D eigenvalue weighted by Gasteiger charge is -2.24. The molecule has 2 aliphatic rings. The van der Waals surface area contributed by atoms with Gasteiger partial charge in [-0.3, -0.25) is 4.79 Å². The molecule has 3 nitrogen and oxygen atoms in total. The normalized spacial score (nSPS) is 33.8. The van der Waals surface area contributed by atoms with Crippen molar-refractivity contribution in [1.82, 2.24) is 0 Å². The second-order valence-electron chi connectivity index (χ2n) is 4.93. The molecule has 1 saturated carbocycles. The Hall–Kier alpha value is -0.410. The van der Waals surface area contributed by atoms with Crippen LogP contribution in [0.25, 0.3) is 0 Å². The summed E-state index contributed by atoms with van der Waals surface area (Å²) in [6.07, 6.45) is 3.75. The van der Waals surface area contributed by atoms with Crippen LogP contribution in [-0.4, -0.2) is 23.3 Å². The summed E-state index contributed by atoms with van der Waals surface area (Å²) in [6, 6.07) is 0. The highest BCUT2D eigenvalue weighted by atomic mass is 16.8. The van der Waals surface area contributed by atoms with Gasteiger partial charge in [-0.2, -0.15) is 0 Å². The summed E-state index contributed by atoms with van der Waals surface area (Å²) < 4.78 is 11.7. The Morgan fingerprint density at radius 3 is 2.29 bits per heavy atom. The first-order valence-corrected chi connectivity index (χ1v) is 5.34. The van der Waals surface area contributed by atoms with E-state index in [2.05, 4.69) is 0 Å². The Morgan fingerprint density at radius 1 is 1.29 bits per heavy atom. The zero-order valence-electron chi connectivity index (χ0n) is 9.13. The second-order valence-corrected chi connectivity index (χ2v) is 4.93. The van der Waals surface area contributed by atoms with Crippen molar-refractivity contribution in [2.75, 3.05) is 0 Å². The first-order chi connectivity index (χ1) is 6.45. The lowest BCUT2D eigenvalue weighted by molar-refractivity contribution is -0.180. The number of carbonyl (C=O) groups excluding carboxylic acids is 1. The fourth-order valence-electron chi connectivity index (χ4n) is 2.62. The molecule has 1 atom stereocenters. The van der Waals surface area contributed by atoms with Crippen LogP contribution < -0.4 is 0 Å². The minimum Gasteiger partial charge on any atom is -0.341 e. The van der Waals surface area contributed by atoms with Crippen LogP contribution in [-0.2, 0) is 14.3 Å². The average Bonchev–Trinajstić information content (AvgIpc) is 2.57. The van der Waals surface area contributed by atoms with Crippen LogP contribution in [0.5, 0.6) is 0 Å². The van der Waals surface area contributed by atoms with Crippen LogP contribution in [0, 0.1) is 0 Å². The van der Waals surface area contributed by atoms with E-state index in [0.29, 0.717) is 0 Å². The molecule has 2 fully saturated rings. The highest BCUT2D eigenvalue weighted by molar-refractivity contribution is 5.82. The number of carbonyl (C=O) groups is 1. The molecule has 0 aromatic rings. The molecular formula is C11H18O3. The zero-order valence-corrected chi connectivity index (χ0v) is 9.13. The van der Waals surface area contributed by atoms with Crippen molar-refractivity contribution >= 4 is 5.78 Å². The fourth-order valence-corrected chi connectivity index (χ4v) is 2.62. The highest BCUT2D eigenvalue weighted by Crippen LogP contribution is 2.46. The monoisotopic (exact) mass is 198 g/mol. The summed E-state index contributed by atoms with van der Waals surface area (Å²) in [7, 11) is 0. The van der Waals surface area contributed by atoms with Crippen molar-refractivity contribution in [3.05, 3.63) is 0 Å². The smallest absolute Gasteiger partial charge is 0.170 e. The molecule has 1 aliphatic heterocycles. The molecule has 3 heteroatoms. The Morgan fingerprint density at radius 2 is 1.86 bits per heavy atom. The number of rotatable bonds is 1. The molecule has 0 bridgehead atoms. The van der Waals surface area contributed by atoms with Crippen LogP contribution in [0.2, 0.25) is 0 Å². The predicted molar refractivity (Wildman–Crippen MR) is 51.9 cm³/mol. The number of Topliss-reactive ketones (excluding diaryl/α,β-unsaturated/α-hetero) is 1. The minimum absolute atomic E-state index is 0.0683. The first-order valence-electron chi connectivity index (χ1n) is 5.34. The largest absolute Gasteiger partial charge is 0.341 e. The van der Waals surface area contributed by atoms with Gasteiger partial charge < -0.3 is 9.47 Å². The van der Waals surface area contributed by atoms with Gasteiger partial charge in [0.1, 0.15) is 6.10 Å². The van der Waals surface area contributed by atoms with E-state index in [1.165, 1.54) is 0 Å². The molecule has 2 rings (SSSR count). The lowest BCUT2D eigenvalue weighted by Crippen LogP contribution is -2.38. The molecule has 0 amide bonds. The summed E-state index contributed by atoms with van der Waals surface area (Å²) in [5.74, 6) is -0.376. The van der Waals surface area contributed by atoms with Crippen molar-refractivity contribution in [3.8, 4) is 0 Å². The third-order valence-corrected chi connectivity index (χ3v) is 3.15. The van der Waals surface area contributed by atoms with Crippen LogP contribution in [0.4, 0.5) is 0 Å². The summed E-state index contributed by atoms with van der Waals surface area (Å²) in [5.41, 5.74) is -0.462. The SMILES string of the molecule is CC(=O)C1OC2(CCCC2)OC1(C)C. The van der Waals surface area contributed by atoms with Gasteiger partial charge >= 0.3 is 0 Å². The Bertz CT molecular complexity index is 251. The molecule has 0 N–H and O–H groups in total. The van der Waals surface area contributed by atoms with Crippen molar-refractivity contribution in [2.24, 2.45) is 0 Å². The molecule has 1 spiro atoms. The Balaban J connectivity index is 2.19. The van der Waals surface area contributed by atoms with Crippen molar-refractivity contribution in [1.29, 1.82) is 0 Å². The quantitative estimate of drug-likeness (QED) is 0.646. The van der Waals surface area contributed by atoms with Gasteiger partial charge in [0.2, 0.25) is 0 Å². The van der Waals surface area contributed by atoms with Gasteiger partial charge in [0, 0.05) is 12.8 Å². The number of hydrogen-bond acceptors (Lipinski definition) is 3. The maximum atomic E-state index is 11.4. The first kappa shape index (κ1) is 10.1. The van der Waals surface area contributed by atoms with Gasteiger partial charge in [-0.25, -0.2) is 0 Å². The standard InChI is InChI=1S/C11H18O3/c1-8(12)9-10(2,3)14-11(13-9)6-4-5-7-11/h9H,4-7H2,1-3H3. The molecule has 0 radical (unpaired) electrons. The Labute approximate surface area is 84.8 Å². The summed E-state index contributed by atoms with van der Waals surface area (Å²) in [4.78, 5) is 11.4. The second kappa shape index (κ2) is 3.04. The van der Waals surface area contributed by atoms with Gasteiger partial charge in [0.05, 0.1) is 5.60 Å². The van der Waals surface area contributed by atoms with Crippen molar-refractivity contribution in [3.63, 3.8) is 0 Å². The average molecular weight is 198 g/mol. The molecule has 80 valence electrons. The van der Waals surface area contributed by atoms with E-state index in [0.717, 1.165) is 25.7 Å². The van der Waals surface area contributed by atoms with Crippen molar-refractivity contribution in [2.45, 2.75) is 63.9 Å². The van der Waals surface area contributed by atoms with E-state index in [1.807, 2.05) is 13.8 Å². The van der Waals surface area contributed by atoms with E-state index in [-0.39, 0.29) is 11.9 Å². The maximum absolute atomic E-state index is 11.4. The molecule has 14 heavy (non-hydrogen) atoms. The van der Waals surface area contributed by atoms with Crippen LogP contribution in [0.1, 0.15) is 46.5 Å². The highest BCUT2D eigenvalue weighted by Gasteiger charge is 2.54. The molecule has 0 aromatic heterocycles. The molecule has 1 heterocycles. The van der Waals surface area contributed by atoms with Gasteiger partial charge in [-0.05, 0) is 33.6 Å². The zero-order chi connectivity index (χ0) is 10.4. The van der Waals surface area contributed by atoms with Crippen LogP contribution in [0.15, 0.2) is 0 Å². The fraction of sp³-hybridized carbons (Fsp3) is 0.909. The van der Waals surface area contributed by atoms with Gasteiger partial charge in [0.25, 0.3) is 0 Å². The van der Waals surface area contributed by atoms with Gasteiger partial charge in [-0.15, -0.1) is 0 Å². The molecule has 1 unspecified atom stereocenters. The Kier molecular flexibility index (Phi) is 2.20. The molecule has 0 aromatic carbocycles. The lowest BCUT2D eigenvalue weighted by atomic mass is 9.99. The predicted octanol–water partition coefficient (Wildman–Crippen LogP) is 2.04. The molecular weight excluding hydrogens is 180 g/mol. The van der Waals surface area contributed by atoms with E-state index in [9.17, 15) is 4.79 Å². The third kappa shape index (κ3) is 1.48. The molecule has 1 aliphatic carbocycles. The minimum atomic E-state index is -0.462. The summed E-state index contributed by atoms with van der Waals surface area (Å²) in [5, 5.41) is 0. The van der Waals surface area contributed by atoms with E-state index in [4.69, 9.17) is 9.47 Å². The van der Waals surface area contributed by atoms with Gasteiger partial charge in [-0.1, -0.05) is 0 Å². The number of ether oxygens (including phenoxy) is 2. The van der Waals surface area contributed by atoms with E-state index >= 15 is 0 Å². The number of ketones is 1. The number of hydrogen-bond donors (Lipinski definition) is 0. The van der Waals surface area contributed by atoms with Crippen LogP contribution >= 0.6 is 0 Å². The van der Waals surface area contributed by atoms with Gasteiger partial charge in [0.15, 0.2) is 11.6 Å². The third-order valence-electron chi connectivity index (χ3n) is 3.15. The van der Waals surface area contributed by atoms with Crippen molar-refractivity contribution < 1.29 is 14.3 Å². The summed E-state index contributed by atoms with van der Waals surface area (Å²) in [6.45, 7) is 5.45. The molecule has 1 saturated heterocycles. The maximum Gasteiger partial charge on any atom is 0.170 e.